The second kappa shape index (κ2) is 6.22. The van der Waals surface area contributed by atoms with E-state index in [0.29, 0.717) is 30.7 Å². The Balaban J connectivity index is 2.32. The number of ether oxygens (including phenoxy) is 1. The van der Waals surface area contributed by atoms with Crippen LogP contribution in [0.25, 0.3) is 0 Å². The number of anilines is 1. The highest BCUT2D eigenvalue weighted by atomic mass is 35.5. The number of carbonyl (C=O) groups excluding carboxylic acids is 1. The van der Waals surface area contributed by atoms with Crippen LogP contribution in [0, 0.1) is 6.92 Å². The van der Waals surface area contributed by atoms with Crippen molar-refractivity contribution in [3.63, 3.8) is 0 Å². The molecule has 7 heteroatoms. The van der Waals surface area contributed by atoms with Gasteiger partial charge in [-0.3, -0.25) is 4.79 Å². The topological polar surface area (TPSA) is 38.3 Å². The van der Waals surface area contributed by atoms with Gasteiger partial charge in [-0.2, -0.15) is 0 Å². The smallest absolute Gasteiger partial charge is 0.258 e. The van der Waals surface area contributed by atoms with E-state index in [2.05, 4.69) is 5.32 Å². The van der Waals surface area contributed by atoms with Gasteiger partial charge in [-0.25, -0.2) is 0 Å². The molecule has 0 spiro atoms. The summed E-state index contributed by atoms with van der Waals surface area (Å²) in [6, 6.07) is 4.91. The molecule has 2 rings (SSSR count). The Morgan fingerprint density at radius 1 is 1.25 bits per heavy atom. The number of thiophene rings is 1. The van der Waals surface area contributed by atoms with E-state index in [4.69, 9.17) is 39.5 Å². The SMILES string of the molecule is COc1cc(Cl)c(C)cc1NC(=O)c1cc(Cl)sc1Cl. The van der Waals surface area contributed by atoms with Crippen LogP contribution in [-0.2, 0) is 0 Å². The molecule has 3 nitrogen and oxygen atoms in total. The first-order chi connectivity index (χ1) is 9.42. The second-order valence-electron chi connectivity index (χ2n) is 3.99. The van der Waals surface area contributed by atoms with Gasteiger partial charge >= 0.3 is 0 Å². The number of carbonyl (C=O) groups is 1. The van der Waals surface area contributed by atoms with Crippen molar-refractivity contribution in [3.8, 4) is 5.75 Å². The minimum Gasteiger partial charge on any atom is -0.495 e. The van der Waals surface area contributed by atoms with Crippen LogP contribution in [0.1, 0.15) is 15.9 Å². The van der Waals surface area contributed by atoms with E-state index in [-0.39, 0.29) is 5.91 Å². The highest BCUT2D eigenvalue weighted by molar-refractivity contribution is 7.20. The molecular formula is C13H10Cl3NO2S. The Morgan fingerprint density at radius 2 is 1.95 bits per heavy atom. The third-order valence-corrected chi connectivity index (χ3v) is 4.53. The lowest BCUT2D eigenvalue weighted by atomic mass is 10.2. The van der Waals surface area contributed by atoms with Crippen molar-refractivity contribution in [1.29, 1.82) is 0 Å². The number of aryl methyl sites for hydroxylation is 1. The van der Waals surface area contributed by atoms with Gasteiger partial charge in [0.1, 0.15) is 10.1 Å². The summed E-state index contributed by atoms with van der Waals surface area (Å²) in [6.45, 7) is 1.84. The molecule has 1 N–H and O–H groups in total. The first-order valence-electron chi connectivity index (χ1n) is 5.52. The van der Waals surface area contributed by atoms with Gasteiger partial charge in [-0.05, 0) is 24.6 Å². The van der Waals surface area contributed by atoms with Crippen LogP contribution in [0.5, 0.6) is 5.75 Å². The molecule has 1 aromatic carbocycles. The van der Waals surface area contributed by atoms with Gasteiger partial charge in [0.15, 0.2) is 0 Å². The molecular weight excluding hydrogens is 341 g/mol. The summed E-state index contributed by atoms with van der Waals surface area (Å²) in [4.78, 5) is 12.2. The molecule has 1 heterocycles. The van der Waals surface area contributed by atoms with E-state index in [1.54, 1.807) is 12.1 Å². The summed E-state index contributed by atoms with van der Waals surface area (Å²) in [7, 11) is 1.51. The summed E-state index contributed by atoms with van der Waals surface area (Å²) in [5, 5.41) is 3.31. The fourth-order valence-electron chi connectivity index (χ4n) is 1.61. The molecule has 0 atom stereocenters. The number of hydrogen-bond donors (Lipinski definition) is 1. The first-order valence-corrected chi connectivity index (χ1v) is 7.47. The fourth-order valence-corrected chi connectivity index (χ4v) is 3.23. The van der Waals surface area contributed by atoms with Gasteiger partial charge in [0.2, 0.25) is 0 Å². The van der Waals surface area contributed by atoms with Gasteiger partial charge in [0.25, 0.3) is 5.91 Å². The van der Waals surface area contributed by atoms with Crippen molar-refractivity contribution in [3.05, 3.63) is 43.0 Å². The van der Waals surface area contributed by atoms with Crippen LogP contribution in [0.4, 0.5) is 5.69 Å². The minimum absolute atomic E-state index is 0.330. The summed E-state index contributed by atoms with van der Waals surface area (Å²) < 4.78 is 6.00. The lowest BCUT2D eigenvalue weighted by Crippen LogP contribution is -2.12. The zero-order valence-electron chi connectivity index (χ0n) is 10.6. The molecule has 0 radical (unpaired) electrons. The van der Waals surface area contributed by atoms with Gasteiger partial charge in [0, 0.05) is 11.1 Å². The summed E-state index contributed by atoms with van der Waals surface area (Å²) >= 11 is 18.9. The van der Waals surface area contributed by atoms with Gasteiger partial charge in [-0.1, -0.05) is 34.8 Å². The van der Waals surface area contributed by atoms with E-state index in [0.717, 1.165) is 16.9 Å². The number of nitrogens with one attached hydrogen (secondary N) is 1. The van der Waals surface area contributed by atoms with Crippen LogP contribution >= 0.6 is 46.1 Å². The number of amides is 1. The normalized spacial score (nSPS) is 10.4. The van der Waals surface area contributed by atoms with Crippen LogP contribution in [0.15, 0.2) is 18.2 Å². The number of hydrogen-bond acceptors (Lipinski definition) is 3. The molecule has 1 aromatic heterocycles. The lowest BCUT2D eigenvalue weighted by molar-refractivity contribution is 0.102. The molecule has 106 valence electrons. The minimum atomic E-state index is -0.349. The molecule has 0 aliphatic carbocycles. The standard InChI is InChI=1S/C13H10Cl3NO2S/c1-6-3-9(10(19-2)5-8(6)14)17-13(18)7-4-11(15)20-12(7)16/h3-5H,1-2H3,(H,17,18). The second-order valence-corrected chi connectivity index (χ2v) is 6.69. The molecule has 0 aliphatic heterocycles. The zero-order chi connectivity index (χ0) is 14.9. The van der Waals surface area contributed by atoms with Crippen LogP contribution in [0.2, 0.25) is 13.7 Å². The molecule has 0 saturated carbocycles. The third kappa shape index (κ3) is 3.20. The van der Waals surface area contributed by atoms with E-state index < -0.39 is 0 Å². The maximum atomic E-state index is 12.2. The predicted molar refractivity (Wildman–Crippen MR) is 85.0 cm³/mol. The molecule has 0 aliphatic rings. The van der Waals surface area contributed by atoms with Gasteiger partial charge in [0.05, 0.1) is 22.7 Å². The maximum absolute atomic E-state index is 12.2. The average Bonchev–Trinajstić information content (AvgIpc) is 2.72. The summed E-state index contributed by atoms with van der Waals surface area (Å²) in [5.41, 5.74) is 1.69. The highest BCUT2D eigenvalue weighted by Crippen LogP contribution is 2.34. The number of halogens is 3. The van der Waals surface area contributed by atoms with Crippen molar-refractivity contribution in [2.75, 3.05) is 12.4 Å². The van der Waals surface area contributed by atoms with Crippen molar-refractivity contribution >= 4 is 57.7 Å². The molecule has 0 unspecified atom stereocenters. The third-order valence-electron chi connectivity index (χ3n) is 2.63. The molecule has 2 aromatic rings. The Hall–Kier alpha value is -0.940. The largest absolute Gasteiger partial charge is 0.495 e. The Labute approximate surface area is 135 Å². The molecule has 20 heavy (non-hydrogen) atoms. The van der Waals surface area contributed by atoms with Crippen LogP contribution in [0.3, 0.4) is 0 Å². The van der Waals surface area contributed by atoms with Gasteiger partial charge in [-0.15, -0.1) is 11.3 Å². The monoisotopic (exact) mass is 349 g/mol. The van der Waals surface area contributed by atoms with Crippen molar-refractivity contribution in [2.45, 2.75) is 6.92 Å². The van der Waals surface area contributed by atoms with Crippen molar-refractivity contribution < 1.29 is 9.53 Å². The first kappa shape index (κ1) is 15.4. The zero-order valence-corrected chi connectivity index (χ0v) is 13.7. The predicted octanol–water partition coefficient (Wildman–Crippen LogP) is 5.28. The van der Waals surface area contributed by atoms with Gasteiger partial charge < -0.3 is 10.1 Å². The number of benzene rings is 1. The summed E-state index contributed by atoms with van der Waals surface area (Å²) in [6.07, 6.45) is 0. The van der Waals surface area contributed by atoms with Crippen LogP contribution < -0.4 is 10.1 Å². The lowest BCUT2D eigenvalue weighted by Gasteiger charge is -2.12. The Kier molecular flexibility index (Phi) is 4.81. The molecule has 0 bridgehead atoms. The Morgan fingerprint density at radius 3 is 2.50 bits per heavy atom. The molecule has 1 amide bonds. The average molecular weight is 351 g/mol. The number of rotatable bonds is 3. The summed E-state index contributed by atoms with van der Waals surface area (Å²) in [5.74, 6) is 0.129. The van der Waals surface area contributed by atoms with Crippen molar-refractivity contribution in [1.82, 2.24) is 0 Å². The highest BCUT2D eigenvalue weighted by Gasteiger charge is 2.16. The van der Waals surface area contributed by atoms with E-state index >= 15 is 0 Å². The maximum Gasteiger partial charge on any atom is 0.258 e. The number of methoxy groups -OCH3 is 1. The van der Waals surface area contributed by atoms with E-state index in [1.165, 1.54) is 13.2 Å². The van der Waals surface area contributed by atoms with Crippen LogP contribution in [-0.4, -0.2) is 13.0 Å². The van der Waals surface area contributed by atoms with E-state index in [1.807, 2.05) is 6.92 Å². The van der Waals surface area contributed by atoms with Crippen molar-refractivity contribution in [2.24, 2.45) is 0 Å². The fraction of sp³-hybridized carbons (Fsp3) is 0.154. The molecule has 0 saturated heterocycles. The quantitative estimate of drug-likeness (QED) is 0.818. The Bertz CT molecular complexity index is 670. The van der Waals surface area contributed by atoms with E-state index in [9.17, 15) is 4.79 Å². The molecule has 0 fully saturated rings.